The number of amides is 1. The lowest BCUT2D eigenvalue weighted by atomic mass is 9.98. The maximum Gasteiger partial charge on any atom is 0.255 e. The number of hydrogen-bond donors (Lipinski definition) is 1. The first-order valence-corrected chi connectivity index (χ1v) is 12.2. The van der Waals surface area contributed by atoms with Crippen LogP contribution in [0.5, 0.6) is 0 Å². The van der Waals surface area contributed by atoms with Crippen molar-refractivity contribution in [1.29, 1.82) is 0 Å². The Balaban J connectivity index is 1.78. The van der Waals surface area contributed by atoms with Gasteiger partial charge in [-0.3, -0.25) is 4.79 Å². The van der Waals surface area contributed by atoms with E-state index in [-0.39, 0.29) is 23.5 Å². The molecule has 2 heterocycles. The highest BCUT2D eigenvalue weighted by Gasteiger charge is 2.26. The Hall–Kier alpha value is -1.09. The summed E-state index contributed by atoms with van der Waals surface area (Å²) in [6, 6.07) is 4.81. The van der Waals surface area contributed by atoms with E-state index >= 15 is 0 Å². The summed E-state index contributed by atoms with van der Waals surface area (Å²) in [7, 11) is -3.68. The number of benzene rings is 1. The summed E-state index contributed by atoms with van der Waals surface area (Å²) < 4.78 is 33.5. The molecular weight excluding hydrogens is 384 g/mol. The van der Waals surface area contributed by atoms with Gasteiger partial charge >= 0.3 is 0 Å². The van der Waals surface area contributed by atoms with Gasteiger partial charge in [0.1, 0.15) is 0 Å². The van der Waals surface area contributed by atoms with Crippen molar-refractivity contribution in [3.05, 3.63) is 23.8 Å². The highest BCUT2D eigenvalue weighted by molar-refractivity contribution is 7.98. The number of likely N-dealkylation sites (tertiary alicyclic amines) is 1. The van der Waals surface area contributed by atoms with E-state index in [1.807, 2.05) is 11.2 Å². The molecule has 0 unspecified atom stereocenters. The van der Waals surface area contributed by atoms with Gasteiger partial charge in [0.25, 0.3) is 5.91 Å². The fraction of sp³-hybridized carbons (Fsp3) is 0.632. The summed E-state index contributed by atoms with van der Waals surface area (Å²) in [4.78, 5) is 15.8. The van der Waals surface area contributed by atoms with E-state index in [9.17, 15) is 13.2 Å². The molecule has 8 heteroatoms. The van der Waals surface area contributed by atoms with E-state index in [4.69, 9.17) is 4.74 Å². The van der Waals surface area contributed by atoms with Gasteiger partial charge in [0.2, 0.25) is 10.0 Å². The van der Waals surface area contributed by atoms with Crippen molar-refractivity contribution in [1.82, 2.24) is 9.62 Å². The Morgan fingerprint density at radius 1 is 1.30 bits per heavy atom. The second-order valence-electron chi connectivity index (χ2n) is 7.32. The fourth-order valence-electron chi connectivity index (χ4n) is 3.49. The number of carbonyl (C=O) groups excluding carboxylic acids is 1. The molecule has 27 heavy (non-hydrogen) atoms. The van der Waals surface area contributed by atoms with Crippen LogP contribution in [-0.2, 0) is 14.8 Å². The summed E-state index contributed by atoms with van der Waals surface area (Å²) in [5.74, 6) is 0.546. The zero-order valence-corrected chi connectivity index (χ0v) is 17.6. The summed E-state index contributed by atoms with van der Waals surface area (Å²) >= 11 is 1.46. The third kappa shape index (κ3) is 5.04. The van der Waals surface area contributed by atoms with E-state index in [0.717, 1.165) is 43.7 Å². The largest absolute Gasteiger partial charge is 0.377 e. The van der Waals surface area contributed by atoms with Crippen molar-refractivity contribution in [2.45, 2.75) is 48.5 Å². The van der Waals surface area contributed by atoms with Gasteiger partial charge in [-0.1, -0.05) is 6.92 Å². The van der Waals surface area contributed by atoms with Crippen LogP contribution in [0.3, 0.4) is 0 Å². The number of nitrogens with zero attached hydrogens (tertiary/aromatic N) is 1. The second-order valence-corrected chi connectivity index (χ2v) is 9.94. The predicted octanol–water partition coefficient (Wildman–Crippen LogP) is 2.74. The number of ether oxygens (including phenoxy) is 1. The summed E-state index contributed by atoms with van der Waals surface area (Å²) in [5, 5.41) is 0. The Bertz CT molecular complexity index is 768. The van der Waals surface area contributed by atoms with Crippen LogP contribution >= 0.6 is 11.8 Å². The lowest BCUT2D eigenvalue weighted by Crippen LogP contribution is -2.38. The molecule has 2 fully saturated rings. The first kappa shape index (κ1) is 20.6. The summed E-state index contributed by atoms with van der Waals surface area (Å²) in [6.45, 7) is 4.59. The van der Waals surface area contributed by atoms with Crippen LogP contribution < -0.4 is 4.72 Å². The molecule has 0 bridgehead atoms. The third-order valence-corrected chi connectivity index (χ3v) is 7.52. The summed E-state index contributed by atoms with van der Waals surface area (Å²) in [6.07, 6.45) is 5.63. The van der Waals surface area contributed by atoms with Crippen molar-refractivity contribution in [3.63, 3.8) is 0 Å². The van der Waals surface area contributed by atoms with Gasteiger partial charge in [-0.25, -0.2) is 13.1 Å². The van der Waals surface area contributed by atoms with Gasteiger partial charge in [0.05, 0.1) is 16.6 Å². The molecule has 6 nitrogen and oxygen atoms in total. The van der Waals surface area contributed by atoms with Crippen molar-refractivity contribution >= 4 is 27.7 Å². The van der Waals surface area contributed by atoms with E-state index < -0.39 is 10.0 Å². The molecule has 0 aliphatic carbocycles. The monoisotopic (exact) mass is 412 g/mol. The average Bonchev–Trinajstić information content (AvgIpc) is 3.20. The Kier molecular flexibility index (Phi) is 6.83. The lowest BCUT2D eigenvalue weighted by Gasteiger charge is -2.30. The van der Waals surface area contributed by atoms with Gasteiger partial charge in [-0.2, -0.15) is 0 Å². The van der Waals surface area contributed by atoms with Gasteiger partial charge in [-0.05, 0) is 56.1 Å². The molecule has 1 aromatic carbocycles. The molecule has 1 aromatic rings. The molecule has 0 radical (unpaired) electrons. The minimum absolute atomic E-state index is 0.0679. The number of nitrogens with one attached hydrogen (secondary N) is 1. The van der Waals surface area contributed by atoms with E-state index in [1.54, 1.807) is 12.1 Å². The van der Waals surface area contributed by atoms with Crippen molar-refractivity contribution in [2.24, 2.45) is 5.92 Å². The predicted molar refractivity (Wildman–Crippen MR) is 107 cm³/mol. The zero-order chi connectivity index (χ0) is 19.4. The maximum atomic E-state index is 13.0. The standard InChI is InChI=1S/C19H28N2O4S2/c1-14-7-9-21(10-8-14)19(22)17-12-16(5-6-18(17)26-2)27(23,24)20-13-15-4-3-11-25-15/h5-6,12,14-15,20H,3-4,7-11,13H2,1-2H3/t15-/m1/s1. The first-order chi connectivity index (χ1) is 12.9. The lowest BCUT2D eigenvalue weighted by molar-refractivity contribution is 0.0693. The van der Waals surface area contributed by atoms with Gasteiger partial charge in [0.15, 0.2) is 0 Å². The normalized spacial score (nSPS) is 21.6. The average molecular weight is 413 g/mol. The molecule has 1 atom stereocenters. The number of carbonyl (C=O) groups is 1. The van der Waals surface area contributed by atoms with Crippen LogP contribution in [0.4, 0.5) is 0 Å². The van der Waals surface area contributed by atoms with Crippen LogP contribution in [0.15, 0.2) is 28.0 Å². The molecule has 1 amide bonds. The molecule has 2 aliphatic heterocycles. The number of thioether (sulfide) groups is 1. The highest BCUT2D eigenvalue weighted by Crippen LogP contribution is 2.27. The number of rotatable bonds is 6. The zero-order valence-electron chi connectivity index (χ0n) is 15.9. The Labute approximate surface area is 166 Å². The van der Waals surface area contributed by atoms with Crippen LogP contribution in [0.2, 0.25) is 0 Å². The smallest absolute Gasteiger partial charge is 0.255 e. The molecule has 0 aromatic heterocycles. The van der Waals surface area contributed by atoms with Crippen molar-refractivity contribution in [2.75, 3.05) is 32.5 Å². The SMILES string of the molecule is CSc1ccc(S(=O)(=O)NC[C@H]2CCCO2)cc1C(=O)N1CCC(C)CC1. The number of hydrogen-bond acceptors (Lipinski definition) is 5. The van der Waals surface area contributed by atoms with Crippen LogP contribution in [0.25, 0.3) is 0 Å². The fourth-order valence-corrected chi connectivity index (χ4v) is 5.16. The van der Waals surface area contributed by atoms with Gasteiger partial charge in [-0.15, -0.1) is 11.8 Å². The molecule has 3 rings (SSSR count). The third-order valence-electron chi connectivity index (χ3n) is 5.31. The van der Waals surface area contributed by atoms with Crippen molar-refractivity contribution < 1.29 is 17.9 Å². The van der Waals surface area contributed by atoms with E-state index in [2.05, 4.69) is 11.6 Å². The molecule has 0 spiro atoms. The van der Waals surface area contributed by atoms with E-state index in [1.165, 1.54) is 17.8 Å². The Morgan fingerprint density at radius 2 is 2.04 bits per heavy atom. The van der Waals surface area contributed by atoms with Gasteiger partial charge < -0.3 is 9.64 Å². The van der Waals surface area contributed by atoms with Gasteiger partial charge in [0, 0.05) is 31.1 Å². The van der Waals surface area contributed by atoms with Crippen LogP contribution in [-0.4, -0.2) is 57.8 Å². The van der Waals surface area contributed by atoms with E-state index in [0.29, 0.717) is 18.1 Å². The highest BCUT2D eigenvalue weighted by atomic mass is 32.2. The summed E-state index contributed by atoms with van der Waals surface area (Å²) in [5.41, 5.74) is 0.469. The maximum absolute atomic E-state index is 13.0. The number of sulfonamides is 1. The topological polar surface area (TPSA) is 75.7 Å². The second kappa shape index (κ2) is 8.94. The number of piperidine rings is 1. The quantitative estimate of drug-likeness (QED) is 0.727. The minimum atomic E-state index is -3.68. The first-order valence-electron chi connectivity index (χ1n) is 9.49. The molecule has 0 saturated carbocycles. The molecule has 1 N–H and O–H groups in total. The van der Waals surface area contributed by atoms with Crippen molar-refractivity contribution in [3.8, 4) is 0 Å². The Morgan fingerprint density at radius 3 is 2.67 bits per heavy atom. The molecular formula is C19H28N2O4S2. The molecule has 2 aliphatic rings. The minimum Gasteiger partial charge on any atom is -0.377 e. The molecule has 150 valence electrons. The van der Waals surface area contributed by atoms with Crippen LogP contribution in [0.1, 0.15) is 43.0 Å². The van der Waals surface area contributed by atoms with Crippen LogP contribution in [0, 0.1) is 5.92 Å². The molecule has 2 saturated heterocycles.